The molecule has 21 heavy (non-hydrogen) atoms. The monoisotopic (exact) mass is 289 g/mol. The Morgan fingerprint density at radius 3 is 2.67 bits per heavy atom. The smallest absolute Gasteiger partial charge is 0.260 e. The second-order valence-corrected chi connectivity index (χ2v) is 5.04. The first-order valence-corrected chi connectivity index (χ1v) is 6.75. The maximum Gasteiger partial charge on any atom is 0.260 e. The zero-order valence-corrected chi connectivity index (χ0v) is 12.1. The molecule has 0 bridgehead atoms. The molecule has 5 nitrogen and oxygen atoms in total. The Hall–Kier alpha value is -2.27. The SMILES string of the molecule is C[C@H](Oc1ccccc1)C(=O)NC[C@](C)(O)c1ccco1. The fraction of sp³-hybridized carbons (Fsp3) is 0.312. The van der Waals surface area contributed by atoms with Gasteiger partial charge in [0.2, 0.25) is 0 Å². The lowest BCUT2D eigenvalue weighted by Gasteiger charge is -2.22. The minimum absolute atomic E-state index is 0.0435. The maximum absolute atomic E-state index is 12.0. The highest BCUT2D eigenvalue weighted by molar-refractivity contribution is 5.80. The molecule has 0 fully saturated rings. The summed E-state index contributed by atoms with van der Waals surface area (Å²) in [5.74, 6) is 0.725. The predicted molar refractivity (Wildman–Crippen MR) is 77.8 cm³/mol. The minimum atomic E-state index is -1.26. The van der Waals surface area contributed by atoms with Crippen molar-refractivity contribution in [1.82, 2.24) is 5.32 Å². The van der Waals surface area contributed by atoms with E-state index in [0.717, 1.165) is 0 Å². The molecule has 0 aliphatic heterocycles. The van der Waals surface area contributed by atoms with E-state index in [1.807, 2.05) is 18.2 Å². The van der Waals surface area contributed by atoms with Crippen LogP contribution in [0, 0.1) is 0 Å². The molecule has 0 unspecified atom stereocenters. The first-order chi connectivity index (χ1) is 9.99. The number of aliphatic hydroxyl groups is 1. The van der Waals surface area contributed by atoms with Crippen LogP contribution in [0.15, 0.2) is 53.1 Å². The topological polar surface area (TPSA) is 71.7 Å². The Kier molecular flexibility index (Phi) is 4.65. The van der Waals surface area contributed by atoms with Crippen molar-refractivity contribution < 1.29 is 19.1 Å². The summed E-state index contributed by atoms with van der Waals surface area (Å²) in [6.07, 6.45) is 0.826. The molecule has 0 saturated heterocycles. The van der Waals surface area contributed by atoms with Crippen molar-refractivity contribution in [3.05, 3.63) is 54.5 Å². The maximum atomic E-state index is 12.0. The summed E-state index contributed by atoms with van der Waals surface area (Å²) < 4.78 is 10.7. The summed E-state index contributed by atoms with van der Waals surface area (Å²) in [5, 5.41) is 12.9. The third kappa shape index (κ3) is 4.10. The number of benzene rings is 1. The quantitative estimate of drug-likeness (QED) is 0.854. The fourth-order valence-electron chi connectivity index (χ4n) is 1.83. The van der Waals surface area contributed by atoms with Crippen LogP contribution in [0.5, 0.6) is 5.75 Å². The van der Waals surface area contributed by atoms with Gasteiger partial charge in [-0.05, 0) is 38.1 Å². The Morgan fingerprint density at radius 2 is 2.05 bits per heavy atom. The van der Waals surface area contributed by atoms with E-state index >= 15 is 0 Å². The van der Waals surface area contributed by atoms with Crippen molar-refractivity contribution in [3.8, 4) is 5.75 Å². The molecule has 0 aliphatic carbocycles. The standard InChI is InChI=1S/C16H19NO4/c1-12(21-13-7-4-3-5-8-13)15(18)17-11-16(2,19)14-9-6-10-20-14/h3-10,12,19H,11H2,1-2H3,(H,17,18)/t12-,16-/m0/s1. The van der Waals surface area contributed by atoms with Crippen LogP contribution in [-0.2, 0) is 10.4 Å². The van der Waals surface area contributed by atoms with E-state index in [-0.39, 0.29) is 12.5 Å². The van der Waals surface area contributed by atoms with Gasteiger partial charge in [-0.1, -0.05) is 18.2 Å². The van der Waals surface area contributed by atoms with E-state index in [1.165, 1.54) is 6.26 Å². The third-order valence-electron chi connectivity index (χ3n) is 3.08. The number of nitrogens with one attached hydrogen (secondary N) is 1. The molecule has 2 aromatic rings. The molecule has 5 heteroatoms. The number of furan rings is 1. The fourth-order valence-corrected chi connectivity index (χ4v) is 1.83. The van der Waals surface area contributed by atoms with Gasteiger partial charge in [0.25, 0.3) is 5.91 Å². The highest BCUT2D eigenvalue weighted by Gasteiger charge is 2.28. The van der Waals surface area contributed by atoms with Crippen LogP contribution in [0.2, 0.25) is 0 Å². The average Bonchev–Trinajstić information content (AvgIpc) is 3.01. The second kappa shape index (κ2) is 6.45. The van der Waals surface area contributed by atoms with Crippen LogP contribution in [0.4, 0.5) is 0 Å². The lowest BCUT2D eigenvalue weighted by Crippen LogP contribution is -2.43. The number of rotatable bonds is 6. The summed E-state index contributed by atoms with van der Waals surface area (Å²) in [7, 11) is 0. The van der Waals surface area contributed by atoms with Crippen LogP contribution < -0.4 is 10.1 Å². The number of carbonyl (C=O) groups is 1. The van der Waals surface area contributed by atoms with Gasteiger partial charge in [-0.3, -0.25) is 4.79 Å². The zero-order valence-electron chi connectivity index (χ0n) is 12.1. The summed E-state index contributed by atoms with van der Waals surface area (Å²) in [6.45, 7) is 3.28. The van der Waals surface area contributed by atoms with Crippen molar-refractivity contribution in [2.24, 2.45) is 0 Å². The first kappa shape index (κ1) is 15.1. The molecule has 1 amide bonds. The molecule has 0 radical (unpaired) electrons. The van der Waals surface area contributed by atoms with Crippen molar-refractivity contribution in [3.63, 3.8) is 0 Å². The van der Waals surface area contributed by atoms with Crippen LogP contribution in [0.25, 0.3) is 0 Å². The second-order valence-electron chi connectivity index (χ2n) is 5.04. The van der Waals surface area contributed by atoms with Gasteiger partial charge >= 0.3 is 0 Å². The molecule has 2 N–H and O–H groups in total. The van der Waals surface area contributed by atoms with Gasteiger partial charge in [0.05, 0.1) is 12.8 Å². The van der Waals surface area contributed by atoms with E-state index in [4.69, 9.17) is 9.15 Å². The van der Waals surface area contributed by atoms with Crippen molar-refractivity contribution in [1.29, 1.82) is 0 Å². The number of hydrogen-bond acceptors (Lipinski definition) is 4. The first-order valence-electron chi connectivity index (χ1n) is 6.75. The predicted octanol–water partition coefficient (Wildman–Crippen LogP) is 2.07. The number of para-hydroxylation sites is 1. The van der Waals surface area contributed by atoms with Crippen LogP contribution in [0.3, 0.4) is 0 Å². The molecule has 0 spiro atoms. The number of hydrogen-bond donors (Lipinski definition) is 2. The number of carbonyl (C=O) groups excluding carboxylic acids is 1. The van der Waals surface area contributed by atoms with Gasteiger partial charge in [0, 0.05) is 0 Å². The average molecular weight is 289 g/mol. The summed E-state index contributed by atoms with van der Waals surface area (Å²) in [6, 6.07) is 12.5. The zero-order chi connectivity index (χ0) is 15.3. The van der Waals surface area contributed by atoms with Gasteiger partial charge in [-0.2, -0.15) is 0 Å². The van der Waals surface area contributed by atoms with Crippen LogP contribution in [0.1, 0.15) is 19.6 Å². The Morgan fingerprint density at radius 1 is 1.33 bits per heavy atom. The molecule has 0 aliphatic rings. The van der Waals surface area contributed by atoms with Crippen LogP contribution in [-0.4, -0.2) is 23.7 Å². The highest BCUT2D eigenvalue weighted by Crippen LogP contribution is 2.19. The molecule has 1 aromatic heterocycles. The Labute approximate surface area is 123 Å². The van der Waals surface area contributed by atoms with E-state index in [1.54, 1.807) is 38.1 Å². The summed E-state index contributed by atoms with van der Waals surface area (Å²) >= 11 is 0. The van der Waals surface area contributed by atoms with Gasteiger partial charge in [0.15, 0.2) is 6.10 Å². The lowest BCUT2D eigenvalue weighted by molar-refractivity contribution is -0.128. The van der Waals surface area contributed by atoms with Crippen molar-refractivity contribution in [2.45, 2.75) is 25.6 Å². The number of amides is 1. The van der Waals surface area contributed by atoms with E-state index < -0.39 is 11.7 Å². The molecule has 2 rings (SSSR count). The van der Waals surface area contributed by atoms with Crippen LogP contribution >= 0.6 is 0 Å². The molecular formula is C16H19NO4. The van der Waals surface area contributed by atoms with E-state index in [0.29, 0.717) is 11.5 Å². The summed E-state index contributed by atoms with van der Waals surface area (Å²) in [4.78, 5) is 12.0. The van der Waals surface area contributed by atoms with Crippen molar-refractivity contribution in [2.75, 3.05) is 6.54 Å². The Bertz CT molecular complexity index is 563. The molecule has 0 saturated carbocycles. The highest BCUT2D eigenvalue weighted by atomic mass is 16.5. The van der Waals surface area contributed by atoms with E-state index in [9.17, 15) is 9.90 Å². The number of ether oxygens (including phenoxy) is 1. The summed E-state index contributed by atoms with van der Waals surface area (Å²) in [5.41, 5.74) is -1.26. The van der Waals surface area contributed by atoms with Gasteiger partial charge in [-0.15, -0.1) is 0 Å². The van der Waals surface area contributed by atoms with Gasteiger partial charge in [-0.25, -0.2) is 0 Å². The molecule has 1 heterocycles. The largest absolute Gasteiger partial charge is 0.481 e. The molecule has 2 atom stereocenters. The lowest BCUT2D eigenvalue weighted by atomic mass is 10.0. The van der Waals surface area contributed by atoms with Crippen molar-refractivity contribution >= 4 is 5.91 Å². The normalized spacial score (nSPS) is 15.0. The van der Waals surface area contributed by atoms with Gasteiger partial charge in [0.1, 0.15) is 17.1 Å². The molecule has 112 valence electrons. The third-order valence-corrected chi connectivity index (χ3v) is 3.08. The van der Waals surface area contributed by atoms with E-state index in [2.05, 4.69) is 5.32 Å². The molecular weight excluding hydrogens is 270 g/mol. The molecule has 1 aromatic carbocycles. The van der Waals surface area contributed by atoms with Gasteiger partial charge < -0.3 is 19.6 Å². The minimum Gasteiger partial charge on any atom is -0.481 e. The Balaban J connectivity index is 1.87.